The Kier molecular flexibility index (Phi) is 5.40. The molecule has 0 radical (unpaired) electrons. The van der Waals surface area contributed by atoms with Crippen LogP contribution in [-0.4, -0.2) is 20.8 Å². The van der Waals surface area contributed by atoms with Gasteiger partial charge in [-0.05, 0) is 24.6 Å². The van der Waals surface area contributed by atoms with Gasteiger partial charge < -0.3 is 10.1 Å². The van der Waals surface area contributed by atoms with Gasteiger partial charge in [0.05, 0.1) is 4.92 Å². The van der Waals surface area contributed by atoms with Crippen LogP contribution in [0.4, 0.5) is 18.9 Å². The number of thioether (sulfide) groups is 1. The molecule has 1 atom stereocenters. The fourth-order valence-electron chi connectivity index (χ4n) is 2.86. The van der Waals surface area contributed by atoms with Gasteiger partial charge in [-0.25, -0.2) is 0 Å². The number of aromatic nitrogens is 1. The molecular weight excluding hydrogens is 393 g/mol. The lowest BCUT2D eigenvalue weighted by Crippen LogP contribution is -2.24. The highest BCUT2D eigenvalue weighted by Gasteiger charge is 2.39. The highest BCUT2D eigenvalue weighted by Crippen LogP contribution is 2.39. The van der Waals surface area contributed by atoms with Gasteiger partial charge in [-0.2, -0.15) is 24.9 Å². The molecular formula is C19H17F3N2O3S. The maximum Gasteiger partial charge on any atom is 0.423 e. The number of aromatic amines is 1. The van der Waals surface area contributed by atoms with Gasteiger partial charge in [-0.15, -0.1) is 0 Å². The molecule has 0 saturated carbocycles. The fourth-order valence-corrected chi connectivity index (χ4v) is 3.94. The molecule has 0 spiro atoms. The van der Waals surface area contributed by atoms with E-state index in [4.69, 9.17) is 0 Å². The number of nitrogens with one attached hydrogen (secondary N) is 1. The molecule has 0 aliphatic rings. The van der Waals surface area contributed by atoms with Gasteiger partial charge in [0.2, 0.25) is 0 Å². The predicted molar refractivity (Wildman–Crippen MR) is 102 cm³/mol. The number of nitrogens with zero attached hydrogens (tertiary/aromatic N) is 1. The number of rotatable bonds is 6. The quantitative estimate of drug-likeness (QED) is 0.430. The molecule has 2 N–H and O–H groups in total. The van der Waals surface area contributed by atoms with E-state index < -0.39 is 28.0 Å². The molecule has 148 valence electrons. The minimum Gasteiger partial charge on any atom is -0.383 e. The monoisotopic (exact) mass is 410 g/mol. The van der Waals surface area contributed by atoms with Crippen LogP contribution in [0.15, 0.2) is 48.5 Å². The van der Waals surface area contributed by atoms with Gasteiger partial charge in [0.25, 0.3) is 5.69 Å². The lowest BCUT2D eigenvalue weighted by Gasteiger charge is -2.21. The fraction of sp³-hybridized carbons (Fsp3) is 0.263. The highest BCUT2D eigenvalue weighted by molar-refractivity contribution is 7.98. The average molecular weight is 410 g/mol. The van der Waals surface area contributed by atoms with Crippen LogP contribution in [0.5, 0.6) is 0 Å². The molecule has 0 aliphatic carbocycles. The van der Waals surface area contributed by atoms with Crippen molar-refractivity contribution in [1.29, 1.82) is 0 Å². The first kappa shape index (κ1) is 20.2. The van der Waals surface area contributed by atoms with Crippen molar-refractivity contribution in [3.63, 3.8) is 0 Å². The number of nitro groups is 1. The summed E-state index contributed by atoms with van der Waals surface area (Å²) in [6.45, 7) is 1.55. The molecule has 0 aliphatic heterocycles. The number of H-pyrrole nitrogens is 1. The molecule has 28 heavy (non-hydrogen) atoms. The standard InChI is InChI=1S/C19H17F3N2O3S/c1-18(25,11-28-10-12-5-3-2-4-6-12)17-8-13-7-16(24(26)27)14(19(20,21)22)9-15(13)23-17/h2-9,23,25H,10-11H2,1H3. The number of fused-ring (bicyclic) bond motifs is 1. The summed E-state index contributed by atoms with van der Waals surface area (Å²) in [5.41, 5.74) is -2.20. The van der Waals surface area contributed by atoms with Crippen LogP contribution in [0.1, 0.15) is 23.7 Å². The summed E-state index contributed by atoms with van der Waals surface area (Å²) in [6.07, 6.45) is -4.85. The molecule has 1 aromatic heterocycles. The normalized spacial score (nSPS) is 14.2. The van der Waals surface area contributed by atoms with Gasteiger partial charge in [0.15, 0.2) is 0 Å². The third-order valence-corrected chi connectivity index (χ3v) is 5.62. The average Bonchev–Trinajstić information content (AvgIpc) is 3.05. The van der Waals surface area contributed by atoms with Gasteiger partial charge >= 0.3 is 6.18 Å². The Morgan fingerprint density at radius 2 is 1.86 bits per heavy atom. The number of halogens is 3. The van der Waals surface area contributed by atoms with Crippen molar-refractivity contribution in [2.75, 3.05) is 5.75 Å². The van der Waals surface area contributed by atoms with E-state index in [1.54, 1.807) is 6.92 Å². The third-order valence-electron chi connectivity index (χ3n) is 4.31. The molecule has 2 aromatic carbocycles. The number of aliphatic hydroxyl groups is 1. The van der Waals surface area contributed by atoms with E-state index in [9.17, 15) is 28.4 Å². The number of alkyl halides is 3. The first-order valence-corrected chi connectivity index (χ1v) is 9.46. The van der Waals surface area contributed by atoms with Crippen LogP contribution in [0.25, 0.3) is 10.9 Å². The second-order valence-corrected chi connectivity index (χ2v) is 7.63. The maximum atomic E-state index is 13.1. The van der Waals surface area contributed by atoms with Crippen LogP contribution >= 0.6 is 11.8 Å². The Balaban J connectivity index is 1.87. The van der Waals surface area contributed by atoms with Crippen molar-refractivity contribution in [2.45, 2.75) is 24.5 Å². The summed E-state index contributed by atoms with van der Waals surface area (Å²) >= 11 is 1.48. The molecule has 0 amide bonds. The van der Waals surface area contributed by atoms with Crippen molar-refractivity contribution in [1.82, 2.24) is 4.98 Å². The van der Waals surface area contributed by atoms with Crippen molar-refractivity contribution in [3.8, 4) is 0 Å². The molecule has 0 fully saturated rings. The van der Waals surface area contributed by atoms with Crippen LogP contribution in [-0.2, 0) is 17.5 Å². The second-order valence-electron chi connectivity index (χ2n) is 6.65. The number of hydrogen-bond acceptors (Lipinski definition) is 4. The first-order chi connectivity index (χ1) is 13.1. The Labute approximate surface area is 162 Å². The number of hydrogen-bond donors (Lipinski definition) is 2. The highest BCUT2D eigenvalue weighted by atomic mass is 32.2. The molecule has 9 heteroatoms. The Hall–Kier alpha value is -2.52. The minimum absolute atomic E-state index is 0.0845. The van der Waals surface area contributed by atoms with Gasteiger partial charge in [-0.3, -0.25) is 10.1 Å². The summed E-state index contributed by atoms with van der Waals surface area (Å²) in [5, 5.41) is 22.0. The summed E-state index contributed by atoms with van der Waals surface area (Å²) in [4.78, 5) is 12.8. The van der Waals surface area contributed by atoms with E-state index in [0.29, 0.717) is 23.3 Å². The molecule has 1 heterocycles. The predicted octanol–water partition coefficient (Wildman–Crippen LogP) is 5.24. The van der Waals surface area contributed by atoms with E-state index >= 15 is 0 Å². The summed E-state index contributed by atoms with van der Waals surface area (Å²) in [5.74, 6) is 0.962. The van der Waals surface area contributed by atoms with Crippen molar-refractivity contribution < 1.29 is 23.2 Å². The Morgan fingerprint density at radius 3 is 2.46 bits per heavy atom. The van der Waals surface area contributed by atoms with Crippen molar-refractivity contribution in [2.24, 2.45) is 0 Å². The van der Waals surface area contributed by atoms with Gasteiger partial charge in [0, 0.05) is 34.2 Å². The summed E-state index contributed by atoms with van der Waals surface area (Å²) < 4.78 is 39.4. The lowest BCUT2D eigenvalue weighted by atomic mass is 10.1. The number of benzene rings is 2. The van der Waals surface area contributed by atoms with Crippen LogP contribution < -0.4 is 0 Å². The van der Waals surface area contributed by atoms with Gasteiger partial charge in [-0.1, -0.05) is 30.3 Å². The zero-order chi connectivity index (χ0) is 20.5. The van der Waals surface area contributed by atoms with Crippen LogP contribution in [0.3, 0.4) is 0 Å². The SMILES string of the molecule is CC(O)(CSCc1ccccc1)c1cc2cc([N+](=O)[O-])c(C(F)(F)F)cc2[nH]1. The molecule has 3 aromatic rings. The smallest absolute Gasteiger partial charge is 0.383 e. The van der Waals surface area contributed by atoms with E-state index in [1.807, 2.05) is 30.3 Å². The zero-order valence-corrected chi connectivity index (χ0v) is 15.6. The molecule has 0 saturated heterocycles. The van der Waals surface area contributed by atoms with E-state index in [0.717, 1.165) is 11.6 Å². The largest absolute Gasteiger partial charge is 0.423 e. The number of nitro benzene ring substituents is 1. The molecule has 0 bridgehead atoms. The van der Waals surface area contributed by atoms with Crippen LogP contribution in [0.2, 0.25) is 0 Å². The molecule has 3 rings (SSSR count). The topological polar surface area (TPSA) is 79.2 Å². The van der Waals surface area contributed by atoms with E-state index in [-0.39, 0.29) is 10.9 Å². The zero-order valence-electron chi connectivity index (χ0n) is 14.8. The van der Waals surface area contributed by atoms with Crippen LogP contribution in [0, 0.1) is 10.1 Å². The molecule has 5 nitrogen and oxygen atoms in total. The van der Waals surface area contributed by atoms with Gasteiger partial charge in [0.1, 0.15) is 11.2 Å². The summed E-state index contributed by atoms with van der Waals surface area (Å²) in [6, 6.07) is 12.7. The van der Waals surface area contributed by atoms with E-state index in [1.165, 1.54) is 17.8 Å². The lowest BCUT2D eigenvalue weighted by molar-refractivity contribution is -0.387. The van der Waals surface area contributed by atoms with Crippen molar-refractivity contribution >= 4 is 28.4 Å². The Morgan fingerprint density at radius 1 is 1.18 bits per heavy atom. The van der Waals surface area contributed by atoms with E-state index in [2.05, 4.69) is 4.98 Å². The maximum absolute atomic E-state index is 13.1. The van der Waals surface area contributed by atoms with Crippen molar-refractivity contribution in [3.05, 3.63) is 75.5 Å². The first-order valence-electron chi connectivity index (χ1n) is 8.31. The molecule has 1 unspecified atom stereocenters. The summed E-state index contributed by atoms with van der Waals surface area (Å²) in [7, 11) is 0. The second kappa shape index (κ2) is 7.48. The minimum atomic E-state index is -4.85. The third kappa shape index (κ3) is 4.31. The Bertz CT molecular complexity index is 1000.